The molecule has 0 aliphatic carbocycles. The highest BCUT2D eigenvalue weighted by Gasteiger charge is 2.30. The normalized spacial score (nSPS) is 26.1. The van der Waals surface area contributed by atoms with Crippen molar-refractivity contribution in [3.63, 3.8) is 0 Å². The Morgan fingerprint density at radius 3 is 2.47 bits per heavy atom. The Morgan fingerprint density at radius 2 is 1.94 bits per heavy atom. The fourth-order valence-corrected chi connectivity index (χ4v) is 2.32. The number of carbonyl (C=O) groups is 2. The van der Waals surface area contributed by atoms with E-state index in [0.29, 0.717) is 32.8 Å². The highest BCUT2D eigenvalue weighted by atomic mass is 16.5. The molecule has 17 heavy (non-hydrogen) atoms. The van der Waals surface area contributed by atoms with E-state index >= 15 is 0 Å². The third kappa shape index (κ3) is 3.17. The number of amides is 2. The SMILES string of the molecule is NC(=O)CN1CCN(C(=O)C2CCCO2)CC1. The monoisotopic (exact) mass is 241 g/mol. The van der Waals surface area contributed by atoms with E-state index in [1.54, 1.807) is 0 Å². The van der Waals surface area contributed by atoms with Gasteiger partial charge in [-0.25, -0.2) is 0 Å². The molecule has 2 amide bonds. The number of hydrogen-bond donors (Lipinski definition) is 1. The molecule has 0 aromatic heterocycles. The number of rotatable bonds is 3. The fraction of sp³-hybridized carbons (Fsp3) is 0.818. The summed E-state index contributed by atoms with van der Waals surface area (Å²) >= 11 is 0. The molecule has 0 spiro atoms. The zero-order valence-electron chi connectivity index (χ0n) is 9.93. The van der Waals surface area contributed by atoms with E-state index in [1.165, 1.54) is 0 Å². The van der Waals surface area contributed by atoms with Crippen LogP contribution < -0.4 is 5.73 Å². The maximum Gasteiger partial charge on any atom is 0.251 e. The molecule has 2 heterocycles. The first-order valence-electron chi connectivity index (χ1n) is 6.08. The summed E-state index contributed by atoms with van der Waals surface area (Å²) in [6.07, 6.45) is 1.57. The van der Waals surface area contributed by atoms with Gasteiger partial charge in [0.1, 0.15) is 6.10 Å². The summed E-state index contributed by atoms with van der Waals surface area (Å²) < 4.78 is 5.38. The van der Waals surface area contributed by atoms with E-state index in [2.05, 4.69) is 0 Å². The zero-order valence-corrected chi connectivity index (χ0v) is 9.93. The molecule has 6 nitrogen and oxygen atoms in total. The smallest absolute Gasteiger partial charge is 0.251 e. The second-order valence-corrected chi connectivity index (χ2v) is 4.57. The first-order valence-corrected chi connectivity index (χ1v) is 6.08. The van der Waals surface area contributed by atoms with Gasteiger partial charge >= 0.3 is 0 Å². The molecule has 6 heteroatoms. The molecule has 2 rings (SSSR count). The average Bonchev–Trinajstić information content (AvgIpc) is 2.82. The number of nitrogens with zero attached hydrogens (tertiary/aromatic N) is 2. The van der Waals surface area contributed by atoms with E-state index in [9.17, 15) is 9.59 Å². The highest BCUT2D eigenvalue weighted by molar-refractivity contribution is 5.81. The Labute approximate surface area is 101 Å². The van der Waals surface area contributed by atoms with Gasteiger partial charge in [0, 0.05) is 32.8 Å². The molecule has 1 unspecified atom stereocenters. The van der Waals surface area contributed by atoms with Crippen LogP contribution in [0.25, 0.3) is 0 Å². The summed E-state index contributed by atoms with van der Waals surface area (Å²) in [5.41, 5.74) is 5.14. The Morgan fingerprint density at radius 1 is 1.24 bits per heavy atom. The third-order valence-corrected chi connectivity index (χ3v) is 3.27. The van der Waals surface area contributed by atoms with Gasteiger partial charge < -0.3 is 15.4 Å². The number of hydrogen-bond acceptors (Lipinski definition) is 4. The molecule has 2 N–H and O–H groups in total. The van der Waals surface area contributed by atoms with Crippen LogP contribution in [-0.2, 0) is 14.3 Å². The Bertz CT molecular complexity index is 294. The topological polar surface area (TPSA) is 75.9 Å². The van der Waals surface area contributed by atoms with Crippen LogP contribution in [0.4, 0.5) is 0 Å². The highest BCUT2D eigenvalue weighted by Crippen LogP contribution is 2.15. The maximum absolute atomic E-state index is 12.0. The molecule has 2 aliphatic rings. The van der Waals surface area contributed by atoms with Crippen LogP contribution in [0.3, 0.4) is 0 Å². The first-order chi connectivity index (χ1) is 8.16. The second kappa shape index (κ2) is 5.46. The lowest BCUT2D eigenvalue weighted by Crippen LogP contribution is -2.52. The zero-order chi connectivity index (χ0) is 12.3. The van der Waals surface area contributed by atoms with E-state index in [1.807, 2.05) is 9.80 Å². The summed E-state index contributed by atoms with van der Waals surface area (Å²) in [4.78, 5) is 26.6. The third-order valence-electron chi connectivity index (χ3n) is 3.27. The Balaban J connectivity index is 1.78. The number of ether oxygens (including phenoxy) is 1. The van der Waals surface area contributed by atoms with Crippen molar-refractivity contribution in [1.82, 2.24) is 9.80 Å². The minimum atomic E-state index is -0.316. The van der Waals surface area contributed by atoms with Gasteiger partial charge in [0.05, 0.1) is 6.54 Å². The van der Waals surface area contributed by atoms with Crippen LogP contribution in [0.15, 0.2) is 0 Å². The van der Waals surface area contributed by atoms with Gasteiger partial charge in [0.25, 0.3) is 5.91 Å². The van der Waals surface area contributed by atoms with Crippen LogP contribution in [-0.4, -0.2) is 67.0 Å². The molecule has 0 saturated carbocycles. The number of nitrogens with two attached hydrogens (primary N) is 1. The fourth-order valence-electron chi connectivity index (χ4n) is 2.32. The van der Waals surface area contributed by atoms with Crippen LogP contribution in [0.1, 0.15) is 12.8 Å². The van der Waals surface area contributed by atoms with E-state index in [4.69, 9.17) is 10.5 Å². The van der Waals surface area contributed by atoms with E-state index < -0.39 is 0 Å². The summed E-state index contributed by atoms with van der Waals surface area (Å²) in [6.45, 7) is 3.71. The summed E-state index contributed by atoms with van der Waals surface area (Å²) in [5.74, 6) is -0.217. The van der Waals surface area contributed by atoms with Gasteiger partial charge in [-0.05, 0) is 12.8 Å². The number of primary amides is 1. The van der Waals surface area contributed by atoms with Gasteiger partial charge in [-0.3, -0.25) is 14.5 Å². The molecule has 0 radical (unpaired) electrons. The van der Waals surface area contributed by atoms with Crippen molar-refractivity contribution in [1.29, 1.82) is 0 Å². The van der Waals surface area contributed by atoms with Crippen LogP contribution in [0.2, 0.25) is 0 Å². The summed E-state index contributed by atoms with van der Waals surface area (Å²) in [6, 6.07) is 0. The number of piperazine rings is 1. The summed E-state index contributed by atoms with van der Waals surface area (Å²) in [7, 11) is 0. The summed E-state index contributed by atoms with van der Waals surface area (Å²) in [5, 5.41) is 0. The predicted molar refractivity (Wildman–Crippen MR) is 61.2 cm³/mol. The van der Waals surface area contributed by atoms with E-state index in [0.717, 1.165) is 12.8 Å². The van der Waals surface area contributed by atoms with Crippen LogP contribution in [0, 0.1) is 0 Å². The van der Waals surface area contributed by atoms with Gasteiger partial charge in [-0.1, -0.05) is 0 Å². The molecule has 2 saturated heterocycles. The standard InChI is InChI=1S/C11H19N3O3/c12-10(15)8-13-3-5-14(6-4-13)11(16)9-2-1-7-17-9/h9H,1-8H2,(H2,12,15). The van der Waals surface area contributed by atoms with Crippen molar-refractivity contribution in [3.8, 4) is 0 Å². The van der Waals surface area contributed by atoms with Crippen molar-refractivity contribution in [2.24, 2.45) is 5.73 Å². The molecular formula is C11H19N3O3. The molecule has 96 valence electrons. The quantitative estimate of drug-likeness (QED) is 0.673. The van der Waals surface area contributed by atoms with Gasteiger partial charge in [0.2, 0.25) is 5.91 Å². The minimum Gasteiger partial charge on any atom is -0.369 e. The van der Waals surface area contributed by atoms with Gasteiger partial charge in [0.15, 0.2) is 0 Å². The van der Waals surface area contributed by atoms with Gasteiger partial charge in [-0.2, -0.15) is 0 Å². The van der Waals surface area contributed by atoms with Crippen molar-refractivity contribution in [3.05, 3.63) is 0 Å². The predicted octanol–water partition coefficient (Wildman–Crippen LogP) is -1.21. The molecule has 0 aromatic rings. The molecule has 0 bridgehead atoms. The Kier molecular flexibility index (Phi) is 3.96. The van der Waals surface area contributed by atoms with Crippen molar-refractivity contribution >= 4 is 11.8 Å². The van der Waals surface area contributed by atoms with Crippen molar-refractivity contribution in [2.75, 3.05) is 39.3 Å². The lowest BCUT2D eigenvalue weighted by Gasteiger charge is -2.35. The largest absolute Gasteiger partial charge is 0.369 e. The maximum atomic E-state index is 12.0. The molecule has 0 aromatic carbocycles. The molecule has 2 aliphatic heterocycles. The van der Waals surface area contributed by atoms with Crippen molar-refractivity contribution in [2.45, 2.75) is 18.9 Å². The second-order valence-electron chi connectivity index (χ2n) is 4.57. The van der Waals surface area contributed by atoms with Crippen molar-refractivity contribution < 1.29 is 14.3 Å². The Hall–Kier alpha value is -1.14. The first kappa shape index (κ1) is 12.3. The van der Waals surface area contributed by atoms with E-state index in [-0.39, 0.29) is 24.5 Å². The minimum absolute atomic E-state index is 0.0984. The lowest BCUT2D eigenvalue weighted by molar-refractivity contribution is -0.142. The molecular weight excluding hydrogens is 222 g/mol. The lowest BCUT2D eigenvalue weighted by atomic mass is 10.2. The average molecular weight is 241 g/mol. The van der Waals surface area contributed by atoms with Crippen LogP contribution in [0.5, 0.6) is 0 Å². The number of carbonyl (C=O) groups excluding carboxylic acids is 2. The molecule has 2 fully saturated rings. The van der Waals surface area contributed by atoms with Gasteiger partial charge in [-0.15, -0.1) is 0 Å². The molecule has 1 atom stereocenters. The van der Waals surface area contributed by atoms with Crippen LogP contribution >= 0.6 is 0 Å².